The second-order valence-corrected chi connectivity index (χ2v) is 16.3. The Labute approximate surface area is 309 Å². The Hall–Kier alpha value is -1.72. The summed E-state index contributed by atoms with van der Waals surface area (Å²) in [5.41, 5.74) is 0. The van der Waals surface area contributed by atoms with E-state index in [9.17, 15) is 19.2 Å². The molecule has 0 aliphatic carbocycles. The first-order valence-electron chi connectivity index (χ1n) is 21.5. The molecule has 0 aromatic rings. The molecule has 0 amide bonds. The standard InChI is InChI=1S/C44H82O6/c1-37(2)31-27-23-19-15-11-7-9-13-17-21-25-29-33-39(5)43(47)49-41(45)35-36-42(46)50-44(48)40(6)34-30-26-22-18-14-10-8-12-16-20-24-28-32-38(3)4/h37-40H,7-36H2,1-6H3. The minimum atomic E-state index is -0.744. The zero-order chi connectivity index (χ0) is 37.2. The molecule has 0 aliphatic rings. The maximum absolute atomic E-state index is 12.3. The summed E-state index contributed by atoms with van der Waals surface area (Å²) < 4.78 is 9.91. The predicted molar refractivity (Wildman–Crippen MR) is 209 cm³/mol. The third kappa shape index (κ3) is 33.4. The number of carbonyl (C=O) groups excluding carboxylic acids is 4. The molecular formula is C44H82O6. The summed E-state index contributed by atoms with van der Waals surface area (Å²) in [7, 11) is 0. The minimum Gasteiger partial charge on any atom is -0.393 e. The average molecular weight is 707 g/mol. The number of rotatable bonds is 35. The first kappa shape index (κ1) is 48.3. The largest absolute Gasteiger partial charge is 0.393 e. The number of ether oxygens (including phenoxy) is 2. The first-order chi connectivity index (χ1) is 24.0. The second-order valence-electron chi connectivity index (χ2n) is 16.3. The lowest BCUT2D eigenvalue weighted by atomic mass is 10.0. The molecule has 0 aromatic carbocycles. The van der Waals surface area contributed by atoms with Crippen molar-refractivity contribution in [3.05, 3.63) is 0 Å². The molecule has 0 fully saturated rings. The van der Waals surface area contributed by atoms with Gasteiger partial charge in [0.2, 0.25) is 0 Å². The third-order valence-corrected chi connectivity index (χ3v) is 10.1. The Morgan fingerprint density at radius 2 is 0.520 bits per heavy atom. The lowest BCUT2D eigenvalue weighted by molar-refractivity contribution is -0.167. The lowest BCUT2D eigenvalue weighted by Gasteiger charge is -2.11. The van der Waals surface area contributed by atoms with Crippen LogP contribution in [-0.4, -0.2) is 23.9 Å². The second kappa shape index (κ2) is 34.4. The Kier molecular flexibility index (Phi) is 33.2. The van der Waals surface area contributed by atoms with Crippen molar-refractivity contribution in [2.24, 2.45) is 23.7 Å². The molecule has 0 saturated carbocycles. The van der Waals surface area contributed by atoms with Crippen LogP contribution in [0.4, 0.5) is 0 Å². The van der Waals surface area contributed by atoms with E-state index >= 15 is 0 Å². The summed E-state index contributed by atoms with van der Waals surface area (Å²) >= 11 is 0. The molecular weight excluding hydrogens is 624 g/mol. The third-order valence-electron chi connectivity index (χ3n) is 10.1. The van der Waals surface area contributed by atoms with Crippen molar-refractivity contribution in [3.63, 3.8) is 0 Å². The van der Waals surface area contributed by atoms with E-state index in [0.29, 0.717) is 12.8 Å². The zero-order valence-corrected chi connectivity index (χ0v) is 34.0. The SMILES string of the molecule is CC(C)CCCCCCCCCCCCCCC(C)C(=O)OC(=O)CCC(=O)OC(=O)C(C)CCCCCCCCCCCCCCC(C)C. The van der Waals surface area contributed by atoms with Crippen LogP contribution in [0.1, 0.15) is 234 Å². The molecule has 0 rings (SSSR count). The van der Waals surface area contributed by atoms with Crippen LogP contribution < -0.4 is 0 Å². The Morgan fingerprint density at radius 3 is 0.740 bits per heavy atom. The summed E-state index contributed by atoms with van der Waals surface area (Å²) in [6.45, 7) is 12.8. The van der Waals surface area contributed by atoms with E-state index in [0.717, 1.165) is 37.5 Å². The fourth-order valence-electron chi connectivity index (χ4n) is 6.51. The molecule has 0 N–H and O–H groups in total. The molecule has 0 aromatic heterocycles. The number of hydrogen-bond acceptors (Lipinski definition) is 6. The van der Waals surface area contributed by atoms with Crippen molar-refractivity contribution < 1.29 is 28.7 Å². The molecule has 0 heterocycles. The van der Waals surface area contributed by atoms with Gasteiger partial charge in [-0.2, -0.15) is 0 Å². The van der Waals surface area contributed by atoms with E-state index in [4.69, 9.17) is 9.47 Å². The molecule has 0 radical (unpaired) electrons. The van der Waals surface area contributed by atoms with Crippen LogP contribution in [0.25, 0.3) is 0 Å². The molecule has 0 aliphatic heterocycles. The van der Waals surface area contributed by atoms with Crippen LogP contribution in [0.3, 0.4) is 0 Å². The fraction of sp³-hybridized carbons (Fsp3) is 0.909. The normalized spacial score (nSPS) is 12.7. The van der Waals surface area contributed by atoms with Gasteiger partial charge in [-0.15, -0.1) is 0 Å². The monoisotopic (exact) mass is 707 g/mol. The van der Waals surface area contributed by atoms with Crippen molar-refractivity contribution >= 4 is 23.9 Å². The molecule has 2 unspecified atom stereocenters. The van der Waals surface area contributed by atoms with Gasteiger partial charge in [-0.1, -0.05) is 208 Å². The van der Waals surface area contributed by atoms with Crippen molar-refractivity contribution in [3.8, 4) is 0 Å². The Balaban J connectivity index is 3.71. The van der Waals surface area contributed by atoms with Gasteiger partial charge in [0.05, 0.1) is 24.7 Å². The first-order valence-corrected chi connectivity index (χ1v) is 21.5. The highest BCUT2D eigenvalue weighted by molar-refractivity contribution is 5.90. The molecule has 6 heteroatoms. The van der Waals surface area contributed by atoms with Crippen LogP contribution in [0, 0.1) is 23.7 Å². The number of hydrogen-bond donors (Lipinski definition) is 0. The topological polar surface area (TPSA) is 86.7 Å². The number of carbonyl (C=O) groups is 4. The summed E-state index contributed by atoms with van der Waals surface area (Å²) in [5.74, 6) is -1.62. The van der Waals surface area contributed by atoms with Gasteiger partial charge < -0.3 is 9.47 Å². The highest BCUT2D eigenvalue weighted by Gasteiger charge is 2.21. The predicted octanol–water partition coefficient (Wildman–Crippen LogP) is 13.4. The zero-order valence-electron chi connectivity index (χ0n) is 34.0. The van der Waals surface area contributed by atoms with Crippen molar-refractivity contribution in [1.29, 1.82) is 0 Å². The molecule has 294 valence electrons. The molecule has 50 heavy (non-hydrogen) atoms. The van der Waals surface area contributed by atoms with Gasteiger partial charge in [0, 0.05) is 0 Å². The van der Waals surface area contributed by atoms with Gasteiger partial charge in [0.15, 0.2) is 0 Å². The summed E-state index contributed by atoms with van der Waals surface area (Å²) in [4.78, 5) is 48.9. The maximum Gasteiger partial charge on any atom is 0.316 e. The molecule has 0 bridgehead atoms. The van der Waals surface area contributed by atoms with Gasteiger partial charge in [-0.3, -0.25) is 19.2 Å². The van der Waals surface area contributed by atoms with Gasteiger partial charge in [-0.25, -0.2) is 0 Å². The van der Waals surface area contributed by atoms with Crippen molar-refractivity contribution in [2.75, 3.05) is 0 Å². The van der Waals surface area contributed by atoms with E-state index in [-0.39, 0.29) is 24.7 Å². The number of esters is 4. The van der Waals surface area contributed by atoms with Crippen LogP contribution >= 0.6 is 0 Å². The molecule has 0 spiro atoms. The highest BCUT2D eigenvalue weighted by Crippen LogP contribution is 2.18. The average Bonchev–Trinajstić information content (AvgIpc) is 3.07. The lowest BCUT2D eigenvalue weighted by Crippen LogP contribution is -2.22. The van der Waals surface area contributed by atoms with Gasteiger partial charge in [-0.05, 0) is 24.7 Å². The van der Waals surface area contributed by atoms with Crippen LogP contribution in [-0.2, 0) is 28.7 Å². The van der Waals surface area contributed by atoms with Crippen LogP contribution in [0.5, 0.6) is 0 Å². The quantitative estimate of drug-likeness (QED) is 0.0370. The van der Waals surface area contributed by atoms with Gasteiger partial charge in [0.1, 0.15) is 0 Å². The minimum absolute atomic E-state index is 0.268. The molecule has 2 atom stereocenters. The van der Waals surface area contributed by atoms with E-state index in [1.807, 2.05) is 0 Å². The van der Waals surface area contributed by atoms with E-state index in [1.165, 1.54) is 141 Å². The smallest absolute Gasteiger partial charge is 0.316 e. The molecule has 0 saturated heterocycles. The van der Waals surface area contributed by atoms with Gasteiger partial charge >= 0.3 is 23.9 Å². The number of unbranched alkanes of at least 4 members (excludes halogenated alkanes) is 22. The summed E-state index contributed by atoms with van der Waals surface area (Å²) in [6.07, 6.45) is 34.1. The van der Waals surface area contributed by atoms with E-state index < -0.39 is 23.9 Å². The van der Waals surface area contributed by atoms with Gasteiger partial charge in [0.25, 0.3) is 0 Å². The maximum atomic E-state index is 12.3. The van der Waals surface area contributed by atoms with E-state index in [1.54, 1.807) is 13.8 Å². The van der Waals surface area contributed by atoms with E-state index in [2.05, 4.69) is 27.7 Å². The summed E-state index contributed by atoms with van der Waals surface area (Å²) in [5, 5.41) is 0. The van der Waals surface area contributed by atoms with Crippen molar-refractivity contribution in [2.45, 2.75) is 234 Å². The Bertz CT molecular complexity index is 766. The fourth-order valence-corrected chi connectivity index (χ4v) is 6.51. The molecule has 6 nitrogen and oxygen atoms in total. The van der Waals surface area contributed by atoms with Crippen molar-refractivity contribution in [1.82, 2.24) is 0 Å². The van der Waals surface area contributed by atoms with Crippen LogP contribution in [0.15, 0.2) is 0 Å². The highest BCUT2D eigenvalue weighted by atomic mass is 16.6. The Morgan fingerprint density at radius 1 is 0.320 bits per heavy atom. The van der Waals surface area contributed by atoms with Crippen LogP contribution in [0.2, 0.25) is 0 Å². The summed E-state index contributed by atoms with van der Waals surface area (Å²) in [6, 6.07) is 0.